The second-order valence-corrected chi connectivity index (χ2v) is 4.75. The number of benzene rings is 1. The normalized spacial score (nSPS) is 15.2. The molecule has 0 heterocycles. The van der Waals surface area contributed by atoms with E-state index in [1.165, 1.54) is 0 Å². The van der Waals surface area contributed by atoms with E-state index in [-0.39, 0.29) is 11.7 Å². The molecule has 1 aromatic rings. The molecule has 0 aliphatic heterocycles. The van der Waals surface area contributed by atoms with Crippen LogP contribution in [0.25, 0.3) is 0 Å². The minimum atomic E-state index is -0.568. The second-order valence-electron chi connectivity index (χ2n) is 4.75. The molecule has 0 saturated heterocycles. The molecule has 0 aromatic heterocycles. The predicted octanol–water partition coefficient (Wildman–Crippen LogP) is 2.03. The van der Waals surface area contributed by atoms with Gasteiger partial charge in [0.25, 0.3) is 0 Å². The van der Waals surface area contributed by atoms with Gasteiger partial charge in [0.1, 0.15) is 5.75 Å². The first-order chi connectivity index (χ1) is 7.34. The van der Waals surface area contributed by atoms with Crippen LogP contribution < -0.4 is 5.73 Å². The van der Waals surface area contributed by atoms with Crippen LogP contribution in [-0.2, 0) is 0 Å². The van der Waals surface area contributed by atoms with E-state index in [9.17, 15) is 10.2 Å². The molecule has 0 bridgehead atoms. The Morgan fingerprint density at radius 2 is 1.56 bits per heavy atom. The molecule has 0 saturated carbocycles. The van der Waals surface area contributed by atoms with Gasteiger partial charge < -0.3 is 15.9 Å². The van der Waals surface area contributed by atoms with Crippen molar-refractivity contribution in [1.29, 1.82) is 0 Å². The largest absolute Gasteiger partial charge is 0.508 e. The van der Waals surface area contributed by atoms with Gasteiger partial charge in [0.2, 0.25) is 0 Å². The van der Waals surface area contributed by atoms with Crippen LogP contribution in [0.4, 0.5) is 0 Å². The van der Waals surface area contributed by atoms with E-state index in [0.717, 1.165) is 16.7 Å². The SMILES string of the molecule is Cc1cc(O)cc(C)c1[C@H](N)[C@H](O)C(C)C. The van der Waals surface area contributed by atoms with Gasteiger partial charge in [-0.25, -0.2) is 0 Å². The smallest absolute Gasteiger partial charge is 0.116 e. The summed E-state index contributed by atoms with van der Waals surface area (Å²) in [6.45, 7) is 7.68. The van der Waals surface area contributed by atoms with E-state index in [1.54, 1.807) is 12.1 Å². The number of nitrogens with two attached hydrogens (primary N) is 1. The molecule has 0 fully saturated rings. The van der Waals surface area contributed by atoms with Gasteiger partial charge in [-0.2, -0.15) is 0 Å². The molecular weight excluding hydrogens is 202 g/mol. The first kappa shape index (κ1) is 13.0. The van der Waals surface area contributed by atoms with Gasteiger partial charge in [-0.15, -0.1) is 0 Å². The fourth-order valence-corrected chi connectivity index (χ4v) is 2.06. The first-order valence-corrected chi connectivity index (χ1v) is 5.58. The molecule has 1 rings (SSSR count). The van der Waals surface area contributed by atoms with Crippen LogP contribution in [0.3, 0.4) is 0 Å². The number of phenols is 1. The molecule has 16 heavy (non-hydrogen) atoms. The number of aliphatic hydroxyl groups excluding tert-OH is 1. The Bertz CT molecular complexity index is 351. The summed E-state index contributed by atoms with van der Waals surface area (Å²) < 4.78 is 0. The van der Waals surface area contributed by atoms with Crippen molar-refractivity contribution in [3.63, 3.8) is 0 Å². The van der Waals surface area contributed by atoms with Crippen molar-refractivity contribution < 1.29 is 10.2 Å². The maximum Gasteiger partial charge on any atom is 0.116 e. The van der Waals surface area contributed by atoms with Gasteiger partial charge in [-0.05, 0) is 48.6 Å². The molecule has 0 spiro atoms. The van der Waals surface area contributed by atoms with Gasteiger partial charge in [0.15, 0.2) is 0 Å². The zero-order valence-corrected chi connectivity index (χ0v) is 10.4. The lowest BCUT2D eigenvalue weighted by molar-refractivity contribution is 0.0975. The third-order valence-corrected chi connectivity index (χ3v) is 2.96. The quantitative estimate of drug-likeness (QED) is 0.734. The molecule has 90 valence electrons. The van der Waals surface area contributed by atoms with Gasteiger partial charge in [0, 0.05) is 0 Å². The molecule has 0 unspecified atom stereocenters. The third-order valence-electron chi connectivity index (χ3n) is 2.96. The molecular formula is C13H21NO2. The zero-order valence-electron chi connectivity index (χ0n) is 10.4. The highest BCUT2D eigenvalue weighted by Gasteiger charge is 2.23. The van der Waals surface area contributed by atoms with Crippen LogP contribution >= 0.6 is 0 Å². The van der Waals surface area contributed by atoms with Crippen LogP contribution in [0.1, 0.15) is 36.6 Å². The summed E-state index contributed by atoms with van der Waals surface area (Å²) in [6.07, 6.45) is -0.568. The Hall–Kier alpha value is -1.06. The fourth-order valence-electron chi connectivity index (χ4n) is 2.06. The molecule has 0 amide bonds. The maximum absolute atomic E-state index is 9.98. The molecule has 3 heteroatoms. The Labute approximate surface area is 96.9 Å². The topological polar surface area (TPSA) is 66.5 Å². The van der Waals surface area contributed by atoms with Crippen molar-refractivity contribution >= 4 is 0 Å². The summed E-state index contributed by atoms with van der Waals surface area (Å²) >= 11 is 0. The van der Waals surface area contributed by atoms with Crippen LogP contribution in [0, 0.1) is 19.8 Å². The van der Waals surface area contributed by atoms with Crippen LogP contribution in [0.5, 0.6) is 5.75 Å². The molecule has 1 aromatic carbocycles. The molecule has 0 radical (unpaired) electrons. The number of aryl methyl sites for hydroxylation is 2. The highest BCUT2D eigenvalue weighted by molar-refractivity contribution is 5.42. The van der Waals surface area contributed by atoms with E-state index in [4.69, 9.17) is 5.73 Å². The van der Waals surface area contributed by atoms with Crippen molar-refractivity contribution in [2.45, 2.75) is 39.8 Å². The second kappa shape index (κ2) is 4.85. The van der Waals surface area contributed by atoms with Gasteiger partial charge >= 0.3 is 0 Å². The summed E-state index contributed by atoms with van der Waals surface area (Å²) in [6, 6.07) is 2.95. The maximum atomic E-state index is 9.98. The van der Waals surface area contributed by atoms with Crippen molar-refractivity contribution in [2.75, 3.05) is 0 Å². The van der Waals surface area contributed by atoms with Crippen molar-refractivity contribution in [3.05, 3.63) is 28.8 Å². The summed E-state index contributed by atoms with van der Waals surface area (Å²) in [4.78, 5) is 0. The number of aliphatic hydroxyl groups is 1. The molecule has 0 aliphatic carbocycles. The summed E-state index contributed by atoms with van der Waals surface area (Å²) in [5.41, 5.74) is 8.83. The van der Waals surface area contributed by atoms with E-state index < -0.39 is 12.1 Å². The lowest BCUT2D eigenvalue weighted by Crippen LogP contribution is -2.31. The Morgan fingerprint density at radius 3 is 1.94 bits per heavy atom. The third kappa shape index (κ3) is 2.54. The molecule has 4 N–H and O–H groups in total. The summed E-state index contributed by atoms with van der Waals surface area (Å²) in [7, 11) is 0. The summed E-state index contributed by atoms with van der Waals surface area (Å²) in [5.74, 6) is 0.354. The Morgan fingerprint density at radius 1 is 1.12 bits per heavy atom. The van der Waals surface area contributed by atoms with Crippen molar-refractivity contribution in [1.82, 2.24) is 0 Å². The first-order valence-electron chi connectivity index (χ1n) is 5.58. The van der Waals surface area contributed by atoms with Crippen LogP contribution in [0.15, 0.2) is 12.1 Å². The number of hydrogen-bond donors (Lipinski definition) is 3. The number of phenolic OH excluding ortho intramolecular Hbond substituents is 1. The highest BCUT2D eigenvalue weighted by Crippen LogP contribution is 2.28. The molecule has 2 atom stereocenters. The van der Waals surface area contributed by atoms with E-state index in [1.807, 2.05) is 27.7 Å². The lowest BCUT2D eigenvalue weighted by atomic mass is 9.89. The minimum Gasteiger partial charge on any atom is -0.508 e. The average molecular weight is 223 g/mol. The van der Waals surface area contributed by atoms with E-state index in [2.05, 4.69) is 0 Å². The summed E-state index contributed by atoms with van der Waals surface area (Å²) in [5, 5.41) is 19.4. The number of hydrogen-bond acceptors (Lipinski definition) is 3. The Kier molecular flexibility index (Phi) is 3.94. The van der Waals surface area contributed by atoms with E-state index >= 15 is 0 Å². The monoisotopic (exact) mass is 223 g/mol. The fraction of sp³-hybridized carbons (Fsp3) is 0.538. The zero-order chi connectivity index (χ0) is 12.5. The van der Waals surface area contributed by atoms with Gasteiger partial charge in [-0.3, -0.25) is 0 Å². The number of rotatable bonds is 3. The Balaban J connectivity index is 3.13. The van der Waals surface area contributed by atoms with Gasteiger partial charge in [0.05, 0.1) is 12.1 Å². The van der Waals surface area contributed by atoms with Crippen molar-refractivity contribution in [3.8, 4) is 5.75 Å². The van der Waals surface area contributed by atoms with Gasteiger partial charge in [-0.1, -0.05) is 13.8 Å². The molecule has 0 aliphatic rings. The standard InChI is InChI=1S/C13H21NO2/c1-7(2)13(16)12(14)11-8(3)5-10(15)6-9(11)4/h5-7,12-13,15-16H,14H2,1-4H3/t12-,13+/m0/s1. The van der Waals surface area contributed by atoms with Crippen molar-refractivity contribution in [2.24, 2.45) is 11.7 Å². The highest BCUT2D eigenvalue weighted by atomic mass is 16.3. The van der Waals surface area contributed by atoms with E-state index in [0.29, 0.717) is 0 Å². The van der Waals surface area contributed by atoms with Crippen LogP contribution in [0.2, 0.25) is 0 Å². The minimum absolute atomic E-state index is 0.114. The molecule has 3 nitrogen and oxygen atoms in total. The average Bonchev–Trinajstić information content (AvgIpc) is 2.14. The number of aromatic hydroxyl groups is 1. The predicted molar refractivity (Wildman–Crippen MR) is 65.4 cm³/mol. The lowest BCUT2D eigenvalue weighted by Gasteiger charge is -2.25. The van der Waals surface area contributed by atoms with Crippen LogP contribution in [-0.4, -0.2) is 16.3 Å².